The Hall–Kier alpha value is -1.11. The molecule has 5 N–H and O–H groups in total. The molecule has 5 rings (SSSR count). The van der Waals surface area contributed by atoms with Gasteiger partial charge < -0.3 is 20.6 Å². The molecule has 1 aliphatic heterocycles. The van der Waals surface area contributed by atoms with Crippen LogP contribution in [0.4, 0.5) is 0 Å². The van der Waals surface area contributed by atoms with E-state index >= 15 is 0 Å². The first-order chi connectivity index (χ1) is 13.9. The molecular weight excluding hydrogens is 366 g/mol. The standard InChI is InChI=1S/C23H37N3O3/c1-22-7-6-15-16(3-2-14-11-23(28)13-29-21(23)10-17(14)15)18(22)4-5-19(22)20(27)12-26(25)9-8-24/h8-9,14-19,21,28H,2-7,10-13,24-25H2,1H3. The molecule has 0 amide bonds. The topological polar surface area (TPSA) is 102 Å². The van der Waals surface area contributed by atoms with Gasteiger partial charge in [0.15, 0.2) is 5.78 Å². The number of hydrogen-bond donors (Lipinski definition) is 3. The monoisotopic (exact) mass is 403 g/mol. The lowest BCUT2D eigenvalue weighted by Gasteiger charge is -2.60. The van der Waals surface area contributed by atoms with E-state index in [1.165, 1.54) is 36.9 Å². The third-order valence-electron chi connectivity index (χ3n) is 9.76. The highest BCUT2D eigenvalue weighted by Gasteiger charge is 2.61. The Bertz CT molecular complexity index is 699. The summed E-state index contributed by atoms with van der Waals surface area (Å²) in [5, 5.41) is 12.2. The van der Waals surface area contributed by atoms with E-state index in [0.717, 1.165) is 37.5 Å². The molecule has 6 nitrogen and oxygen atoms in total. The number of fused-ring (bicyclic) bond motifs is 6. The van der Waals surface area contributed by atoms with Crippen LogP contribution in [0.5, 0.6) is 0 Å². The molecule has 4 saturated carbocycles. The quantitative estimate of drug-likeness (QED) is 0.491. The van der Waals surface area contributed by atoms with Gasteiger partial charge in [-0.15, -0.1) is 0 Å². The van der Waals surface area contributed by atoms with Crippen LogP contribution in [0.1, 0.15) is 58.3 Å². The molecule has 162 valence electrons. The van der Waals surface area contributed by atoms with Crippen LogP contribution in [-0.4, -0.2) is 40.8 Å². The lowest BCUT2D eigenvalue weighted by molar-refractivity contribution is -0.278. The maximum Gasteiger partial charge on any atom is 0.157 e. The van der Waals surface area contributed by atoms with Crippen molar-refractivity contribution in [3.8, 4) is 0 Å². The van der Waals surface area contributed by atoms with Gasteiger partial charge in [-0.25, -0.2) is 5.84 Å². The molecule has 1 saturated heterocycles. The Morgan fingerprint density at radius 1 is 1.21 bits per heavy atom. The molecule has 9 atom stereocenters. The van der Waals surface area contributed by atoms with Crippen molar-refractivity contribution >= 4 is 5.78 Å². The Balaban J connectivity index is 1.31. The van der Waals surface area contributed by atoms with Crippen LogP contribution in [0.15, 0.2) is 12.4 Å². The highest BCUT2D eigenvalue weighted by atomic mass is 16.6. The molecular formula is C23H37N3O3. The number of aliphatic hydroxyl groups is 1. The van der Waals surface area contributed by atoms with Crippen molar-refractivity contribution in [1.82, 2.24) is 5.01 Å². The molecule has 4 aliphatic carbocycles. The summed E-state index contributed by atoms with van der Waals surface area (Å²) in [5.41, 5.74) is 4.99. The number of carbonyl (C=O) groups is 1. The largest absolute Gasteiger partial charge is 0.403 e. The van der Waals surface area contributed by atoms with E-state index in [1.54, 1.807) is 6.20 Å². The molecule has 0 spiro atoms. The second kappa shape index (κ2) is 6.96. The minimum absolute atomic E-state index is 0.0693. The summed E-state index contributed by atoms with van der Waals surface area (Å²) in [7, 11) is 0. The smallest absolute Gasteiger partial charge is 0.157 e. The van der Waals surface area contributed by atoms with Gasteiger partial charge in [0, 0.05) is 18.3 Å². The normalized spacial score (nSPS) is 50.8. The number of carbonyl (C=O) groups excluding carboxylic acids is 1. The number of ether oxygens (including phenoxy) is 1. The van der Waals surface area contributed by atoms with Crippen molar-refractivity contribution < 1.29 is 14.6 Å². The third-order valence-corrected chi connectivity index (χ3v) is 9.76. The van der Waals surface area contributed by atoms with Crippen LogP contribution in [0, 0.1) is 40.9 Å². The first-order valence-corrected chi connectivity index (χ1v) is 11.6. The van der Waals surface area contributed by atoms with Gasteiger partial charge in [-0.2, -0.15) is 0 Å². The summed E-state index contributed by atoms with van der Waals surface area (Å²) in [6, 6.07) is 0. The van der Waals surface area contributed by atoms with E-state index in [0.29, 0.717) is 24.4 Å². The van der Waals surface area contributed by atoms with Crippen molar-refractivity contribution in [1.29, 1.82) is 0 Å². The molecule has 5 aliphatic rings. The highest BCUT2D eigenvalue weighted by molar-refractivity contribution is 5.84. The van der Waals surface area contributed by atoms with Gasteiger partial charge in [0.1, 0.15) is 5.60 Å². The van der Waals surface area contributed by atoms with Crippen LogP contribution >= 0.6 is 0 Å². The van der Waals surface area contributed by atoms with E-state index in [4.69, 9.17) is 16.3 Å². The molecule has 0 aromatic carbocycles. The maximum absolute atomic E-state index is 13.1. The van der Waals surface area contributed by atoms with Crippen molar-refractivity contribution in [2.75, 3.05) is 13.2 Å². The first kappa shape index (κ1) is 19.8. The molecule has 1 heterocycles. The van der Waals surface area contributed by atoms with E-state index in [2.05, 4.69) is 6.92 Å². The average Bonchev–Trinajstić information content (AvgIpc) is 3.02. The predicted octanol–water partition coefficient (Wildman–Crippen LogP) is 2.17. The minimum atomic E-state index is -0.534. The number of ketones is 1. The number of hydrazine groups is 1. The van der Waals surface area contributed by atoms with Crippen LogP contribution in [0.2, 0.25) is 0 Å². The predicted molar refractivity (Wildman–Crippen MR) is 110 cm³/mol. The minimum Gasteiger partial charge on any atom is -0.403 e. The Morgan fingerprint density at radius 2 is 2.03 bits per heavy atom. The molecule has 0 radical (unpaired) electrons. The fraction of sp³-hybridized carbons (Fsp3) is 0.870. The third kappa shape index (κ3) is 2.97. The Kier molecular flexibility index (Phi) is 4.76. The lowest BCUT2D eigenvalue weighted by Crippen LogP contribution is -2.65. The van der Waals surface area contributed by atoms with E-state index < -0.39 is 5.60 Å². The van der Waals surface area contributed by atoms with Gasteiger partial charge in [-0.05, 0) is 86.4 Å². The lowest BCUT2D eigenvalue weighted by atomic mass is 9.48. The summed E-state index contributed by atoms with van der Waals surface area (Å²) < 4.78 is 5.75. The summed E-state index contributed by atoms with van der Waals surface area (Å²) in [5.74, 6) is 9.79. The first-order valence-electron chi connectivity index (χ1n) is 11.6. The molecule has 9 unspecified atom stereocenters. The van der Waals surface area contributed by atoms with Gasteiger partial charge in [-0.1, -0.05) is 6.92 Å². The Labute approximate surface area is 174 Å². The number of rotatable bonds is 4. The Morgan fingerprint density at radius 3 is 2.76 bits per heavy atom. The zero-order valence-corrected chi connectivity index (χ0v) is 17.6. The SMILES string of the molecule is CC12CCC3C4CC5OCC5(O)CC4CCC3C1CCC2C(=O)CN(N)C=CN. The van der Waals surface area contributed by atoms with Gasteiger partial charge in [-0.3, -0.25) is 4.79 Å². The number of hydrogen-bond acceptors (Lipinski definition) is 6. The second-order valence-electron chi connectivity index (χ2n) is 10.9. The molecule has 0 bridgehead atoms. The van der Waals surface area contributed by atoms with Crippen LogP contribution in [0.3, 0.4) is 0 Å². The molecule has 0 aromatic heterocycles. The zero-order valence-electron chi connectivity index (χ0n) is 17.6. The highest BCUT2D eigenvalue weighted by Crippen LogP contribution is 2.65. The van der Waals surface area contributed by atoms with Crippen molar-refractivity contribution in [2.24, 2.45) is 52.5 Å². The van der Waals surface area contributed by atoms with E-state index in [-0.39, 0.29) is 29.8 Å². The summed E-state index contributed by atoms with van der Waals surface area (Å²) in [4.78, 5) is 13.1. The van der Waals surface area contributed by atoms with E-state index in [9.17, 15) is 9.90 Å². The van der Waals surface area contributed by atoms with Gasteiger partial charge in [0.2, 0.25) is 0 Å². The van der Waals surface area contributed by atoms with Gasteiger partial charge in [0.05, 0.1) is 19.3 Å². The fourth-order valence-electron chi connectivity index (χ4n) is 8.41. The number of nitrogens with two attached hydrogens (primary N) is 2. The molecule has 0 aromatic rings. The number of Topliss-reactive ketones (excluding diaryl/α,β-unsaturated/α-hetero) is 1. The molecule has 5 fully saturated rings. The van der Waals surface area contributed by atoms with Crippen LogP contribution in [-0.2, 0) is 9.53 Å². The molecule has 6 heteroatoms. The molecule has 29 heavy (non-hydrogen) atoms. The van der Waals surface area contributed by atoms with E-state index in [1.807, 2.05) is 0 Å². The summed E-state index contributed by atoms with van der Waals surface area (Å²) in [6.45, 7) is 3.16. The average molecular weight is 404 g/mol. The summed E-state index contributed by atoms with van der Waals surface area (Å²) in [6.07, 6.45) is 12.1. The van der Waals surface area contributed by atoms with Crippen molar-refractivity contribution in [3.05, 3.63) is 12.4 Å². The maximum atomic E-state index is 13.1. The van der Waals surface area contributed by atoms with Crippen LogP contribution < -0.4 is 11.6 Å². The second-order valence-corrected chi connectivity index (χ2v) is 10.9. The summed E-state index contributed by atoms with van der Waals surface area (Å²) >= 11 is 0. The van der Waals surface area contributed by atoms with Crippen molar-refractivity contribution in [3.63, 3.8) is 0 Å². The van der Waals surface area contributed by atoms with Gasteiger partial charge in [0.25, 0.3) is 0 Å². The van der Waals surface area contributed by atoms with Crippen molar-refractivity contribution in [2.45, 2.75) is 70.0 Å². The zero-order chi connectivity index (χ0) is 20.4. The fourth-order valence-corrected chi connectivity index (χ4v) is 8.41. The number of nitrogens with zero attached hydrogens (tertiary/aromatic N) is 1. The van der Waals surface area contributed by atoms with Gasteiger partial charge >= 0.3 is 0 Å². The van der Waals surface area contributed by atoms with Crippen LogP contribution in [0.25, 0.3) is 0 Å².